The molecule has 2 heterocycles. The molecule has 1 aromatic heterocycles. The smallest absolute Gasteiger partial charge is 0.276 e. The zero-order valence-electron chi connectivity index (χ0n) is 14.5. The largest absolute Gasteiger partial charge is 0.487 e. The summed E-state index contributed by atoms with van der Waals surface area (Å²) in [5, 5.41) is 10.4. The molecule has 0 saturated carbocycles. The number of benzene rings is 1. The van der Waals surface area contributed by atoms with Crippen LogP contribution < -0.4 is 15.4 Å². The number of carbonyl (C=O) groups excluding carboxylic acids is 1. The van der Waals surface area contributed by atoms with E-state index in [0.29, 0.717) is 17.1 Å². The Morgan fingerprint density at radius 2 is 2.31 bits per heavy atom. The molecule has 140 valence electrons. The maximum absolute atomic E-state index is 12.4. The van der Waals surface area contributed by atoms with Crippen LogP contribution in [-0.4, -0.2) is 41.8 Å². The van der Waals surface area contributed by atoms with E-state index in [0.717, 1.165) is 31.5 Å². The topological polar surface area (TPSA) is 68.2 Å². The van der Waals surface area contributed by atoms with Gasteiger partial charge in [0.05, 0.1) is 6.04 Å². The predicted octanol–water partition coefficient (Wildman–Crippen LogP) is 3.01. The van der Waals surface area contributed by atoms with Crippen LogP contribution in [0.2, 0.25) is 0 Å². The first-order valence-electron chi connectivity index (χ1n) is 8.62. The zero-order valence-corrected chi connectivity index (χ0v) is 14.5. The summed E-state index contributed by atoms with van der Waals surface area (Å²) in [4.78, 5) is 12.4. The first kappa shape index (κ1) is 18.3. The third kappa shape index (κ3) is 4.57. The first-order valence-corrected chi connectivity index (χ1v) is 8.62. The molecular formula is C18H22F2N4O2. The maximum Gasteiger partial charge on any atom is 0.276 e. The number of nitrogens with zero attached hydrogens (tertiary/aromatic N) is 2. The second-order valence-electron chi connectivity index (χ2n) is 6.32. The van der Waals surface area contributed by atoms with Gasteiger partial charge in [-0.3, -0.25) is 9.48 Å². The van der Waals surface area contributed by atoms with Crippen molar-refractivity contribution in [2.45, 2.75) is 32.2 Å². The highest BCUT2D eigenvalue weighted by atomic mass is 19.3. The summed E-state index contributed by atoms with van der Waals surface area (Å²) in [5.41, 5.74) is 1.50. The molecule has 1 fully saturated rings. The third-order valence-electron chi connectivity index (χ3n) is 4.30. The number of aromatic nitrogens is 2. The van der Waals surface area contributed by atoms with Gasteiger partial charge in [-0.15, -0.1) is 0 Å². The van der Waals surface area contributed by atoms with E-state index in [9.17, 15) is 13.6 Å². The van der Waals surface area contributed by atoms with Crippen LogP contribution >= 0.6 is 0 Å². The Balaban J connectivity index is 1.66. The zero-order chi connectivity index (χ0) is 18.5. The number of carbonyl (C=O) groups is 1. The van der Waals surface area contributed by atoms with Crippen LogP contribution in [0, 0.1) is 6.92 Å². The summed E-state index contributed by atoms with van der Waals surface area (Å²) in [6.07, 6.45) is 1.36. The lowest BCUT2D eigenvalue weighted by atomic mass is 10.1. The van der Waals surface area contributed by atoms with Crippen molar-refractivity contribution in [2.75, 3.05) is 25.0 Å². The summed E-state index contributed by atoms with van der Waals surface area (Å²) in [7, 11) is 0. The van der Waals surface area contributed by atoms with Crippen LogP contribution in [0.5, 0.6) is 5.75 Å². The van der Waals surface area contributed by atoms with Crippen molar-refractivity contribution in [3.05, 3.63) is 41.7 Å². The first-order chi connectivity index (χ1) is 12.5. The fourth-order valence-electron chi connectivity index (χ4n) is 2.90. The number of halogens is 2. The van der Waals surface area contributed by atoms with E-state index in [4.69, 9.17) is 4.74 Å². The van der Waals surface area contributed by atoms with Crippen molar-refractivity contribution in [2.24, 2.45) is 0 Å². The van der Waals surface area contributed by atoms with Crippen molar-refractivity contribution >= 4 is 11.6 Å². The van der Waals surface area contributed by atoms with Crippen molar-refractivity contribution in [3.8, 4) is 5.75 Å². The fourth-order valence-corrected chi connectivity index (χ4v) is 2.90. The van der Waals surface area contributed by atoms with Gasteiger partial charge in [-0.1, -0.05) is 6.07 Å². The maximum atomic E-state index is 12.4. The Kier molecular flexibility index (Phi) is 5.82. The molecule has 1 aromatic carbocycles. The average Bonchev–Trinajstić information content (AvgIpc) is 3.13. The lowest BCUT2D eigenvalue weighted by molar-refractivity contribution is 0.0815. The van der Waals surface area contributed by atoms with E-state index in [2.05, 4.69) is 15.7 Å². The number of ether oxygens (including phenoxy) is 1. The molecule has 1 aliphatic rings. The number of hydrogen-bond acceptors (Lipinski definition) is 4. The van der Waals surface area contributed by atoms with E-state index < -0.39 is 13.0 Å². The van der Waals surface area contributed by atoms with Crippen LogP contribution in [0.25, 0.3) is 0 Å². The van der Waals surface area contributed by atoms with E-state index in [1.807, 2.05) is 4.68 Å². The number of alkyl halides is 2. The highest BCUT2D eigenvalue weighted by molar-refractivity contribution is 6.02. The van der Waals surface area contributed by atoms with Gasteiger partial charge < -0.3 is 15.4 Å². The Morgan fingerprint density at radius 1 is 1.46 bits per heavy atom. The molecular weight excluding hydrogens is 342 g/mol. The molecule has 1 amide bonds. The molecule has 2 N–H and O–H groups in total. The number of nitrogens with one attached hydrogen (secondary N) is 2. The predicted molar refractivity (Wildman–Crippen MR) is 94.0 cm³/mol. The highest BCUT2D eigenvalue weighted by Crippen LogP contribution is 2.24. The van der Waals surface area contributed by atoms with Crippen LogP contribution in [0.3, 0.4) is 0 Å². The number of rotatable bonds is 6. The van der Waals surface area contributed by atoms with Crippen molar-refractivity contribution in [1.82, 2.24) is 15.1 Å². The van der Waals surface area contributed by atoms with Gasteiger partial charge in [0, 0.05) is 24.5 Å². The Bertz CT molecular complexity index is 757. The molecule has 0 aliphatic carbocycles. The molecule has 3 rings (SSSR count). The minimum absolute atomic E-state index is 0.249. The standard InChI is InChI=1S/C18H22F2N4O2/c1-12-4-5-13(9-16(12)26-11-17(19)20)22-18(25)15-6-8-24(23-15)14-3-2-7-21-10-14/h4-6,8-9,14,17,21H,2-3,7,10-11H2,1H3,(H,22,25). The molecule has 26 heavy (non-hydrogen) atoms. The Hall–Kier alpha value is -2.48. The number of piperidine rings is 1. The van der Waals surface area contributed by atoms with Gasteiger partial charge in [-0.05, 0) is 44.0 Å². The van der Waals surface area contributed by atoms with Gasteiger partial charge >= 0.3 is 0 Å². The Morgan fingerprint density at radius 3 is 3.04 bits per heavy atom. The molecule has 8 heteroatoms. The van der Waals surface area contributed by atoms with Gasteiger partial charge in [0.2, 0.25) is 0 Å². The molecule has 6 nitrogen and oxygen atoms in total. The summed E-state index contributed by atoms with van der Waals surface area (Å²) >= 11 is 0. The molecule has 0 spiro atoms. The molecule has 2 aromatic rings. The quantitative estimate of drug-likeness (QED) is 0.827. The lowest BCUT2D eigenvalue weighted by Gasteiger charge is -2.22. The van der Waals surface area contributed by atoms with Crippen molar-refractivity contribution < 1.29 is 18.3 Å². The Labute approximate surface area is 150 Å². The normalized spacial score (nSPS) is 17.3. The van der Waals surface area contributed by atoms with Gasteiger partial charge in [-0.2, -0.15) is 5.10 Å². The minimum Gasteiger partial charge on any atom is -0.487 e. The summed E-state index contributed by atoms with van der Waals surface area (Å²) in [6.45, 7) is 2.92. The SMILES string of the molecule is Cc1ccc(NC(=O)c2ccn(C3CCCNC3)n2)cc1OCC(F)F. The van der Waals surface area contributed by atoms with Crippen LogP contribution in [0.4, 0.5) is 14.5 Å². The monoisotopic (exact) mass is 364 g/mol. The summed E-state index contributed by atoms with van der Waals surface area (Å²) < 4.78 is 31.6. The molecule has 0 bridgehead atoms. The van der Waals surface area contributed by atoms with E-state index in [1.165, 1.54) is 6.07 Å². The number of aryl methyl sites for hydroxylation is 1. The number of hydrogen-bond donors (Lipinski definition) is 2. The molecule has 1 atom stereocenters. The average molecular weight is 364 g/mol. The fraction of sp³-hybridized carbons (Fsp3) is 0.444. The molecule has 1 saturated heterocycles. The third-order valence-corrected chi connectivity index (χ3v) is 4.30. The highest BCUT2D eigenvalue weighted by Gasteiger charge is 2.18. The van der Waals surface area contributed by atoms with Crippen LogP contribution in [0.1, 0.15) is 34.9 Å². The van der Waals surface area contributed by atoms with Crippen molar-refractivity contribution in [1.29, 1.82) is 0 Å². The second kappa shape index (κ2) is 8.27. The molecule has 1 aliphatic heterocycles. The van der Waals surface area contributed by atoms with E-state index in [-0.39, 0.29) is 11.9 Å². The number of anilines is 1. The van der Waals surface area contributed by atoms with Crippen LogP contribution in [0.15, 0.2) is 30.5 Å². The summed E-state index contributed by atoms with van der Waals surface area (Å²) in [5.74, 6) is -0.0295. The van der Waals surface area contributed by atoms with Gasteiger partial charge in [0.25, 0.3) is 12.3 Å². The molecule has 0 radical (unpaired) electrons. The number of amides is 1. The van der Waals surface area contributed by atoms with Gasteiger partial charge in [-0.25, -0.2) is 8.78 Å². The lowest BCUT2D eigenvalue weighted by Crippen LogP contribution is -2.32. The van der Waals surface area contributed by atoms with Gasteiger partial charge in [0.15, 0.2) is 5.69 Å². The van der Waals surface area contributed by atoms with E-state index >= 15 is 0 Å². The van der Waals surface area contributed by atoms with Crippen molar-refractivity contribution in [3.63, 3.8) is 0 Å². The molecule has 1 unspecified atom stereocenters. The van der Waals surface area contributed by atoms with Gasteiger partial charge in [0.1, 0.15) is 12.4 Å². The van der Waals surface area contributed by atoms with Crippen LogP contribution in [-0.2, 0) is 0 Å². The summed E-state index contributed by atoms with van der Waals surface area (Å²) in [6, 6.07) is 6.87. The minimum atomic E-state index is -2.55. The van der Waals surface area contributed by atoms with E-state index in [1.54, 1.807) is 31.3 Å². The second-order valence-corrected chi connectivity index (χ2v) is 6.32.